The van der Waals surface area contributed by atoms with Crippen LogP contribution in [0.25, 0.3) is 6.08 Å². The zero-order valence-corrected chi connectivity index (χ0v) is 13.7. The van der Waals surface area contributed by atoms with Gasteiger partial charge >= 0.3 is 0 Å². The van der Waals surface area contributed by atoms with E-state index < -0.39 is 11.7 Å². The Labute approximate surface area is 141 Å². The number of nitrogens with zero attached hydrogens (tertiary/aromatic N) is 1. The van der Waals surface area contributed by atoms with Gasteiger partial charge in [-0.2, -0.15) is 5.26 Å². The summed E-state index contributed by atoms with van der Waals surface area (Å²) in [6.07, 6.45) is 1.39. The molecule has 0 atom stereocenters. The fourth-order valence-corrected chi connectivity index (χ4v) is 2.20. The lowest BCUT2D eigenvalue weighted by molar-refractivity contribution is -0.112. The smallest absolute Gasteiger partial charge is 0.266 e. The second-order valence-corrected chi connectivity index (χ2v) is 5.41. The Bertz CT molecular complexity index is 812. The number of hydrogen-bond acceptors (Lipinski definition) is 3. The van der Waals surface area contributed by atoms with Crippen molar-refractivity contribution in [1.29, 1.82) is 5.26 Å². The minimum Gasteiger partial charge on any atom is -0.496 e. The van der Waals surface area contributed by atoms with Crippen molar-refractivity contribution in [2.45, 2.75) is 0 Å². The number of hydrogen-bond donors (Lipinski definition) is 1. The van der Waals surface area contributed by atoms with Gasteiger partial charge in [-0.05, 0) is 30.3 Å². The highest BCUT2D eigenvalue weighted by molar-refractivity contribution is 9.10. The van der Waals surface area contributed by atoms with Crippen LogP contribution in [0.1, 0.15) is 5.56 Å². The predicted octanol–water partition coefficient (Wildman–Crippen LogP) is 4.14. The van der Waals surface area contributed by atoms with E-state index in [4.69, 9.17) is 4.74 Å². The molecule has 0 heterocycles. The zero-order valence-electron chi connectivity index (χ0n) is 12.1. The highest BCUT2D eigenvalue weighted by atomic mass is 79.9. The van der Waals surface area contributed by atoms with Crippen LogP contribution in [0.5, 0.6) is 5.75 Å². The van der Waals surface area contributed by atoms with Crippen molar-refractivity contribution < 1.29 is 13.9 Å². The average Bonchev–Trinajstić information content (AvgIpc) is 2.55. The molecular formula is C17H12BrFN2O2. The van der Waals surface area contributed by atoms with Gasteiger partial charge in [-0.25, -0.2) is 4.39 Å². The number of carbonyl (C=O) groups excluding carboxylic acids is 1. The van der Waals surface area contributed by atoms with E-state index in [0.29, 0.717) is 15.8 Å². The predicted molar refractivity (Wildman–Crippen MR) is 89.3 cm³/mol. The molecule has 2 rings (SSSR count). The second kappa shape index (κ2) is 7.56. The Hall–Kier alpha value is -2.65. The molecule has 0 radical (unpaired) electrons. The third-order valence-corrected chi connectivity index (χ3v) is 3.48. The zero-order chi connectivity index (χ0) is 16.8. The molecule has 0 aliphatic heterocycles. The summed E-state index contributed by atoms with van der Waals surface area (Å²) in [5.74, 6) is -0.759. The molecule has 2 aromatic carbocycles. The number of carbonyl (C=O) groups is 1. The SMILES string of the molecule is COc1ccccc1/C=C(\C#N)C(=O)Nc1ccc(Br)cc1F. The van der Waals surface area contributed by atoms with Gasteiger partial charge in [-0.1, -0.05) is 34.1 Å². The molecule has 0 fully saturated rings. The number of halogens is 2. The molecule has 116 valence electrons. The van der Waals surface area contributed by atoms with E-state index in [1.165, 1.54) is 25.3 Å². The summed E-state index contributed by atoms with van der Waals surface area (Å²) < 4.78 is 19.5. The summed E-state index contributed by atoms with van der Waals surface area (Å²) in [5, 5.41) is 11.6. The summed E-state index contributed by atoms with van der Waals surface area (Å²) in [7, 11) is 1.50. The van der Waals surface area contributed by atoms with Crippen LogP contribution in [0.3, 0.4) is 0 Å². The van der Waals surface area contributed by atoms with E-state index in [0.717, 1.165) is 0 Å². The van der Waals surface area contributed by atoms with E-state index in [2.05, 4.69) is 21.2 Å². The maximum Gasteiger partial charge on any atom is 0.266 e. The van der Waals surface area contributed by atoms with E-state index >= 15 is 0 Å². The summed E-state index contributed by atoms with van der Waals surface area (Å²) in [6, 6.07) is 13.0. The average molecular weight is 375 g/mol. The lowest BCUT2D eigenvalue weighted by atomic mass is 10.1. The van der Waals surface area contributed by atoms with Gasteiger partial charge in [0.2, 0.25) is 0 Å². The monoisotopic (exact) mass is 374 g/mol. The molecule has 2 aromatic rings. The van der Waals surface area contributed by atoms with Gasteiger partial charge in [0.25, 0.3) is 5.91 Å². The normalized spacial score (nSPS) is 10.8. The van der Waals surface area contributed by atoms with Crippen molar-refractivity contribution in [3.63, 3.8) is 0 Å². The van der Waals surface area contributed by atoms with E-state index in [1.807, 2.05) is 6.07 Å². The Kier molecular flexibility index (Phi) is 5.50. The minimum absolute atomic E-state index is 0.000577. The minimum atomic E-state index is -0.695. The molecule has 0 aromatic heterocycles. The summed E-state index contributed by atoms with van der Waals surface area (Å²) in [6.45, 7) is 0. The van der Waals surface area contributed by atoms with Crippen LogP contribution in [0.4, 0.5) is 10.1 Å². The Morgan fingerprint density at radius 2 is 2.09 bits per heavy atom. The van der Waals surface area contributed by atoms with Crippen molar-refractivity contribution in [3.8, 4) is 11.8 Å². The van der Waals surface area contributed by atoms with Gasteiger partial charge in [-0.15, -0.1) is 0 Å². The van der Waals surface area contributed by atoms with Crippen LogP contribution in [-0.2, 0) is 4.79 Å². The molecule has 0 aliphatic rings. The number of ether oxygens (including phenoxy) is 1. The number of methoxy groups -OCH3 is 1. The standard InChI is InChI=1S/C17H12BrFN2O2/c1-23-16-5-3-2-4-11(16)8-12(10-20)17(22)21-15-7-6-13(18)9-14(15)19/h2-9H,1H3,(H,21,22)/b12-8+. The molecule has 6 heteroatoms. The number of nitriles is 1. The van der Waals surface area contributed by atoms with Gasteiger partial charge in [0, 0.05) is 10.0 Å². The topological polar surface area (TPSA) is 62.1 Å². The van der Waals surface area contributed by atoms with Crippen LogP contribution in [0.15, 0.2) is 52.5 Å². The molecule has 0 aliphatic carbocycles. The number of benzene rings is 2. The van der Waals surface area contributed by atoms with Crippen molar-refractivity contribution in [2.75, 3.05) is 12.4 Å². The third kappa shape index (κ3) is 4.18. The van der Waals surface area contributed by atoms with Crippen molar-refractivity contribution in [1.82, 2.24) is 0 Å². The first-order chi connectivity index (χ1) is 11.0. The number of rotatable bonds is 4. The molecule has 0 bridgehead atoms. The quantitative estimate of drug-likeness (QED) is 0.645. The molecule has 0 saturated carbocycles. The lowest BCUT2D eigenvalue weighted by Gasteiger charge is -2.07. The van der Waals surface area contributed by atoms with Crippen LogP contribution < -0.4 is 10.1 Å². The van der Waals surface area contributed by atoms with E-state index in [1.54, 1.807) is 30.3 Å². The highest BCUT2D eigenvalue weighted by Gasteiger charge is 2.13. The molecule has 23 heavy (non-hydrogen) atoms. The molecule has 1 amide bonds. The van der Waals surface area contributed by atoms with Crippen molar-refractivity contribution in [2.24, 2.45) is 0 Å². The molecule has 0 unspecified atom stereocenters. The fraction of sp³-hybridized carbons (Fsp3) is 0.0588. The van der Waals surface area contributed by atoms with Gasteiger partial charge < -0.3 is 10.1 Å². The third-order valence-electron chi connectivity index (χ3n) is 2.98. The molecule has 1 N–H and O–H groups in total. The number of amides is 1. The number of anilines is 1. The fourth-order valence-electron chi connectivity index (χ4n) is 1.87. The Morgan fingerprint density at radius 3 is 2.74 bits per heavy atom. The first-order valence-corrected chi connectivity index (χ1v) is 7.35. The second-order valence-electron chi connectivity index (χ2n) is 4.49. The molecule has 4 nitrogen and oxygen atoms in total. The van der Waals surface area contributed by atoms with Gasteiger partial charge in [0.15, 0.2) is 0 Å². The maximum absolute atomic E-state index is 13.8. The highest BCUT2D eigenvalue weighted by Crippen LogP contribution is 2.22. The number of nitrogens with one attached hydrogen (secondary N) is 1. The van der Waals surface area contributed by atoms with E-state index in [-0.39, 0.29) is 11.3 Å². The number of para-hydroxylation sites is 1. The van der Waals surface area contributed by atoms with Crippen molar-refractivity contribution >= 4 is 33.6 Å². The van der Waals surface area contributed by atoms with Gasteiger partial charge in [0.05, 0.1) is 12.8 Å². The first-order valence-electron chi connectivity index (χ1n) is 6.56. The summed E-state index contributed by atoms with van der Waals surface area (Å²) >= 11 is 3.13. The van der Waals surface area contributed by atoms with Crippen molar-refractivity contribution in [3.05, 3.63) is 63.9 Å². The molecule has 0 spiro atoms. The largest absolute Gasteiger partial charge is 0.496 e. The Balaban J connectivity index is 2.28. The van der Waals surface area contributed by atoms with Crippen LogP contribution in [-0.4, -0.2) is 13.0 Å². The van der Waals surface area contributed by atoms with Gasteiger partial charge in [-0.3, -0.25) is 4.79 Å². The lowest BCUT2D eigenvalue weighted by Crippen LogP contribution is -2.14. The molecular weight excluding hydrogens is 363 g/mol. The van der Waals surface area contributed by atoms with E-state index in [9.17, 15) is 14.4 Å². The molecule has 0 saturated heterocycles. The Morgan fingerprint density at radius 1 is 1.35 bits per heavy atom. The van der Waals surface area contributed by atoms with Crippen LogP contribution in [0, 0.1) is 17.1 Å². The maximum atomic E-state index is 13.8. The van der Waals surface area contributed by atoms with Gasteiger partial charge in [0.1, 0.15) is 23.2 Å². The van der Waals surface area contributed by atoms with Crippen LogP contribution >= 0.6 is 15.9 Å². The van der Waals surface area contributed by atoms with Crippen LogP contribution in [0.2, 0.25) is 0 Å². The first kappa shape index (κ1) is 16.7. The summed E-state index contributed by atoms with van der Waals surface area (Å²) in [5.41, 5.74) is 0.425. The summed E-state index contributed by atoms with van der Waals surface area (Å²) in [4.78, 5) is 12.2.